The summed E-state index contributed by atoms with van der Waals surface area (Å²) in [6.45, 7) is 2.01. The standard InChI is InChI=1S/C22H19N2O4.H2/c1-14(15-6-7-17-11-19(26-2)9-8-16(17)10-15)23-24-22(25)18-4-3-5-20-21(12-18)28-13-27-20;/h3-12H,13H2,1-2H3,(H,24,25);1H/b23-14+;. The first-order chi connectivity index (χ1) is 13.6. The maximum absolute atomic E-state index is 12.5. The third kappa shape index (κ3) is 3.62. The molecule has 6 nitrogen and oxygen atoms in total. The van der Waals surface area contributed by atoms with Crippen LogP contribution in [0.3, 0.4) is 0 Å². The van der Waals surface area contributed by atoms with Crippen LogP contribution in [-0.2, 0) is 14.3 Å². The molecule has 4 rings (SSSR count). The minimum Gasteiger partial charge on any atom is -0.497 e. The fourth-order valence-electron chi connectivity index (χ4n) is 2.95. The summed E-state index contributed by atoms with van der Waals surface area (Å²) in [6, 6.07) is 11.9. The first kappa shape index (κ1) is 17.9. The van der Waals surface area contributed by atoms with Crippen LogP contribution in [0.1, 0.15) is 13.9 Å². The first-order valence-electron chi connectivity index (χ1n) is 8.80. The summed E-state index contributed by atoms with van der Waals surface area (Å²) in [7, 11) is 1.65. The number of hydrogen-bond acceptors (Lipinski definition) is 5. The smallest absolute Gasteiger partial charge is 0.268 e. The lowest BCUT2D eigenvalue weighted by Gasteiger charge is -2.07. The van der Waals surface area contributed by atoms with E-state index < -0.39 is 0 Å². The molecule has 0 fully saturated rings. The zero-order chi connectivity index (χ0) is 19.5. The maximum atomic E-state index is 12.5. The number of fused-ring (bicyclic) bond motifs is 1. The van der Waals surface area contributed by atoms with Gasteiger partial charge in [-0.1, -0.05) is 30.4 Å². The van der Waals surface area contributed by atoms with Gasteiger partial charge in [-0.2, -0.15) is 5.10 Å². The zero-order valence-corrected chi connectivity index (χ0v) is 15.6. The van der Waals surface area contributed by atoms with Crippen LogP contribution in [0.15, 0.2) is 76.8 Å². The van der Waals surface area contributed by atoms with E-state index in [0.717, 1.165) is 22.1 Å². The third-order valence-electron chi connectivity index (χ3n) is 4.53. The van der Waals surface area contributed by atoms with Crippen molar-refractivity contribution in [2.45, 2.75) is 6.92 Å². The van der Waals surface area contributed by atoms with Gasteiger partial charge in [0.05, 0.1) is 19.2 Å². The number of hydrazone groups is 1. The van der Waals surface area contributed by atoms with Crippen molar-refractivity contribution in [3.05, 3.63) is 83.7 Å². The largest absolute Gasteiger partial charge is 0.497 e. The number of allylic oxidation sites excluding steroid dienone is 4. The Morgan fingerprint density at radius 3 is 2.79 bits per heavy atom. The van der Waals surface area contributed by atoms with E-state index in [1.807, 2.05) is 43.3 Å². The molecule has 0 unspecified atom stereocenters. The van der Waals surface area contributed by atoms with Crippen molar-refractivity contribution in [2.24, 2.45) is 5.10 Å². The van der Waals surface area contributed by atoms with E-state index in [2.05, 4.69) is 10.5 Å². The van der Waals surface area contributed by atoms with E-state index in [0.29, 0.717) is 22.8 Å². The average Bonchev–Trinajstić information content (AvgIpc) is 3.07. The van der Waals surface area contributed by atoms with Crippen molar-refractivity contribution in [3.63, 3.8) is 0 Å². The van der Waals surface area contributed by atoms with Crippen LogP contribution in [0.2, 0.25) is 0 Å². The molecule has 0 bridgehead atoms. The summed E-state index contributed by atoms with van der Waals surface area (Å²) in [6.07, 6.45) is 6.84. The normalized spacial score (nSPS) is 16.1. The van der Waals surface area contributed by atoms with Crippen molar-refractivity contribution < 1.29 is 20.4 Å². The minimum atomic E-state index is -0.321. The predicted octanol–water partition coefficient (Wildman–Crippen LogP) is 3.85. The van der Waals surface area contributed by atoms with Crippen LogP contribution >= 0.6 is 0 Å². The summed E-state index contributed by atoms with van der Waals surface area (Å²) in [5.74, 6) is 1.65. The number of ether oxygens (including phenoxy) is 3. The SMILES string of the molecule is COc1ccc2cc(/C(C)=N/NC(=O)C3=CC=CC4=C([CH]3)OCO4)ccc2c1.[HH]. The summed E-state index contributed by atoms with van der Waals surface area (Å²) >= 11 is 0. The van der Waals surface area contributed by atoms with E-state index in [1.165, 1.54) is 0 Å². The molecule has 1 N–H and O–H groups in total. The van der Waals surface area contributed by atoms with E-state index in [4.69, 9.17) is 14.2 Å². The molecule has 143 valence electrons. The molecule has 2 aromatic rings. The maximum Gasteiger partial charge on any atom is 0.268 e. The van der Waals surface area contributed by atoms with Gasteiger partial charge in [0.1, 0.15) is 5.75 Å². The molecule has 1 amide bonds. The lowest BCUT2D eigenvalue weighted by Crippen LogP contribution is -2.22. The number of carbonyl (C=O) groups is 1. The molecule has 28 heavy (non-hydrogen) atoms. The topological polar surface area (TPSA) is 69.2 Å². The number of amides is 1. The molecule has 1 aliphatic heterocycles. The van der Waals surface area contributed by atoms with Gasteiger partial charge in [0, 0.05) is 7.00 Å². The predicted molar refractivity (Wildman–Crippen MR) is 109 cm³/mol. The van der Waals surface area contributed by atoms with Gasteiger partial charge in [-0.05, 0) is 47.5 Å². The highest BCUT2D eigenvalue weighted by Crippen LogP contribution is 2.26. The lowest BCUT2D eigenvalue weighted by molar-refractivity contribution is -0.117. The van der Waals surface area contributed by atoms with Gasteiger partial charge in [-0.3, -0.25) is 4.79 Å². The number of nitrogens with zero attached hydrogens (tertiary/aromatic N) is 1. The van der Waals surface area contributed by atoms with Gasteiger partial charge < -0.3 is 14.2 Å². The Hall–Kier alpha value is -3.54. The number of benzene rings is 2. The third-order valence-corrected chi connectivity index (χ3v) is 4.53. The average molecular weight is 377 g/mol. The second-order valence-corrected chi connectivity index (χ2v) is 6.33. The number of carbonyl (C=O) groups excluding carboxylic acids is 1. The molecular formula is C22H21N2O4. The number of methoxy groups -OCH3 is 1. The van der Waals surface area contributed by atoms with Gasteiger partial charge in [-0.25, -0.2) is 5.43 Å². The first-order valence-corrected chi connectivity index (χ1v) is 8.80. The molecule has 0 aromatic heterocycles. The van der Waals surface area contributed by atoms with Crippen LogP contribution in [-0.4, -0.2) is 25.5 Å². The van der Waals surface area contributed by atoms with Crippen LogP contribution in [0.25, 0.3) is 10.8 Å². The van der Waals surface area contributed by atoms with Crippen molar-refractivity contribution in [2.75, 3.05) is 13.9 Å². The highest BCUT2D eigenvalue weighted by atomic mass is 16.7. The second kappa shape index (κ2) is 7.60. The fourth-order valence-corrected chi connectivity index (χ4v) is 2.95. The van der Waals surface area contributed by atoms with Gasteiger partial charge in [-0.15, -0.1) is 0 Å². The Bertz CT molecular complexity index is 1070. The number of nitrogens with one attached hydrogen (secondary N) is 1. The lowest BCUT2D eigenvalue weighted by atomic mass is 10.0. The number of rotatable bonds is 4. The quantitative estimate of drug-likeness (QED) is 0.649. The Morgan fingerprint density at radius 1 is 1.14 bits per heavy atom. The number of hydrogen-bond donors (Lipinski definition) is 1. The second-order valence-electron chi connectivity index (χ2n) is 6.33. The minimum absolute atomic E-state index is 0. The monoisotopic (exact) mass is 377 g/mol. The molecule has 1 radical (unpaired) electrons. The molecule has 0 spiro atoms. The van der Waals surface area contributed by atoms with Crippen molar-refractivity contribution in [1.82, 2.24) is 5.43 Å². The Kier molecular flexibility index (Phi) is 4.85. The van der Waals surface area contributed by atoms with Crippen molar-refractivity contribution >= 4 is 22.4 Å². The van der Waals surface area contributed by atoms with Crippen LogP contribution in [0, 0.1) is 6.42 Å². The molecular weight excluding hydrogens is 356 g/mol. The fraction of sp³-hybridized carbons (Fsp3) is 0.136. The molecule has 2 aliphatic rings. The molecule has 0 saturated heterocycles. The van der Waals surface area contributed by atoms with Crippen molar-refractivity contribution in [1.29, 1.82) is 0 Å². The molecule has 6 heteroatoms. The van der Waals surface area contributed by atoms with Gasteiger partial charge in [0.15, 0.2) is 11.5 Å². The molecule has 1 aliphatic carbocycles. The van der Waals surface area contributed by atoms with E-state index in [-0.39, 0.29) is 14.1 Å². The Morgan fingerprint density at radius 2 is 1.93 bits per heavy atom. The van der Waals surface area contributed by atoms with Gasteiger partial charge in [0.2, 0.25) is 6.79 Å². The molecule has 0 atom stereocenters. The van der Waals surface area contributed by atoms with E-state index >= 15 is 0 Å². The summed E-state index contributed by atoms with van der Waals surface area (Å²) in [4.78, 5) is 12.5. The summed E-state index contributed by atoms with van der Waals surface area (Å²) < 4.78 is 15.9. The van der Waals surface area contributed by atoms with E-state index in [9.17, 15) is 4.79 Å². The highest BCUT2D eigenvalue weighted by molar-refractivity contribution is 6.03. The van der Waals surface area contributed by atoms with E-state index in [1.54, 1.807) is 31.8 Å². The summed E-state index contributed by atoms with van der Waals surface area (Å²) in [5, 5.41) is 6.39. The van der Waals surface area contributed by atoms with Crippen LogP contribution in [0.4, 0.5) is 0 Å². The molecule has 0 saturated carbocycles. The highest BCUT2D eigenvalue weighted by Gasteiger charge is 2.22. The Labute approximate surface area is 164 Å². The van der Waals surface area contributed by atoms with Gasteiger partial charge in [0.25, 0.3) is 5.91 Å². The van der Waals surface area contributed by atoms with Gasteiger partial charge >= 0.3 is 0 Å². The Balaban J connectivity index is 0.00000240. The van der Waals surface area contributed by atoms with Crippen LogP contribution < -0.4 is 10.2 Å². The van der Waals surface area contributed by atoms with Crippen LogP contribution in [0.5, 0.6) is 5.75 Å². The summed E-state index contributed by atoms with van der Waals surface area (Å²) in [5.41, 5.74) is 4.67. The zero-order valence-electron chi connectivity index (χ0n) is 15.6. The van der Waals surface area contributed by atoms with Crippen molar-refractivity contribution in [3.8, 4) is 5.75 Å². The molecule has 1 heterocycles. The molecule has 2 aromatic carbocycles.